The molecule has 0 radical (unpaired) electrons. The third kappa shape index (κ3) is 1.90. The first-order chi connectivity index (χ1) is 5.73. The molecule has 0 aliphatic rings. The zero-order valence-electron chi connectivity index (χ0n) is 7.68. The van der Waals surface area contributed by atoms with Crippen molar-refractivity contribution in [1.29, 1.82) is 0 Å². The van der Waals surface area contributed by atoms with E-state index in [-0.39, 0.29) is 5.04 Å². The standard InChI is InChI=1S/C10H15ClSi/c1-3-10(2,12-11)9-7-5-4-6-8-9/h4-8H,3,12H2,1-2H3. The van der Waals surface area contributed by atoms with E-state index >= 15 is 0 Å². The molecule has 0 N–H and O–H groups in total. The van der Waals surface area contributed by atoms with Gasteiger partial charge in [-0.15, -0.1) is 0 Å². The van der Waals surface area contributed by atoms with Crippen LogP contribution in [0.3, 0.4) is 0 Å². The summed E-state index contributed by atoms with van der Waals surface area (Å²) in [5.41, 5.74) is 1.40. The first kappa shape index (κ1) is 9.81. The molecule has 1 rings (SSSR count). The van der Waals surface area contributed by atoms with Crippen LogP contribution in [-0.2, 0) is 5.04 Å². The van der Waals surface area contributed by atoms with Gasteiger partial charge >= 0.3 is 0 Å². The highest BCUT2D eigenvalue weighted by atomic mass is 35.6. The minimum absolute atomic E-state index is 0.281. The summed E-state index contributed by atoms with van der Waals surface area (Å²) >= 11 is 6.08. The normalized spacial score (nSPS) is 16.6. The van der Waals surface area contributed by atoms with Gasteiger partial charge in [0.1, 0.15) is 8.83 Å². The van der Waals surface area contributed by atoms with Gasteiger partial charge in [-0.2, -0.15) is 11.1 Å². The fourth-order valence-electron chi connectivity index (χ4n) is 1.22. The molecule has 0 aliphatic heterocycles. The summed E-state index contributed by atoms with van der Waals surface area (Å²) in [7, 11) is -0.495. The lowest BCUT2D eigenvalue weighted by molar-refractivity contribution is 0.646. The Balaban J connectivity index is 2.95. The first-order valence-corrected chi connectivity index (χ1v) is 7.19. The van der Waals surface area contributed by atoms with E-state index in [0.717, 1.165) is 6.42 Å². The number of hydrogen-bond acceptors (Lipinski definition) is 0. The molecule has 12 heavy (non-hydrogen) atoms. The summed E-state index contributed by atoms with van der Waals surface area (Å²) < 4.78 is 0. The van der Waals surface area contributed by atoms with Gasteiger partial charge in [-0.3, -0.25) is 0 Å². The van der Waals surface area contributed by atoms with Crippen LogP contribution in [0.25, 0.3) is 0 Å². The van der Waals surface area contributed by atoms with Crippen molar-refractivity contribution in [2.45, 2.75) is 25.3 Å². The lowest BCUT2D eigenvalue weighted by atomic mass is 9.97. The Morgan fingerprint density at radius 2 is 1.92 bits per heavy atom. The molecule has 0 saturated carbocycles. The van der Waals surface area contributed by atoms with Crippen LogP contribution in [0.15, 0.2) is 30.3 Å². The molecule has 1 aromatic carbocycles. The Labute approximate surface area is 81.5 Å². The second-order valence-electron chi connectivity index (χ2n) is 3.41. The highest BCUT2D eigenvalue weighted by Gasteiger charge is 2.23. The van der Waals surface area contributed by atoms with Crippen molar-refractivity contribution >= 4 is 19.9 Å². The minimum Gasteiger partial charge on any atom is -0.175 e. The van der Waals surface area contributed by atoms with E-state index in [1.807, 2.05) is 0 Å². The molecule has 0 aromatic heterocycles. The minimum atomic E-state index is -0.495. The number of halogens is 1. The molecule has 0 fully saturated rings. The Morgan fingerprint density at radius 3 is 2.33 bits per heavy atom. The fourth-order valence-corrected chi connectivity index (χ4v) is 2.83. The van der Waals surface area contributed by atoms with Gasteiger partial charge in [0.25, 0.3) is 0 Å². The van der Waals surface area contributed by atoms with Gasteiger partial charge in [0.2, 0.25) is 0 Å². The van der Waals surface area contributed by atoms with E-state index in [0.29, 0.717) is 0 Å². The Hall–Kier alpha value is -0.273. The quantitative estimate of drug-likeness (QED) is 0.518. The van der Waals surface area contributed by atoms with Crippen molar-refractivity contribution in [3.63, 3.8) is 0 Å². The zero-order chi connectivity index (χ0) is 9.03. The van der Waals surface area contributed by atoms with Crippen molar-refractivity contribution < 1.29 is 0 Å². The van der Waals surface area contributed by atoms with Gasteiger partial charge in [0.05, 0.1) is 0 Å². The highest BCUT2D eigenvalue weighted by molar-refractivity contribution is 6.95. The van der Waals surface area contributed by atoms with Gasteiger partial charge in [0.15, 0.2) is 0 Å². The maximum Gasteiger partial charge on any atom is 0.135 e. The molecule has 0 saturated heterocycles. The number of rotatable bonds is 3. The summed E-state index contributed by atoms with van der Waals surface area (Å²) in [6.45, 7) is 4.48. The molecule has 2 heteroatoms. The van der Waals surface area contributed by atoms with Crippen molar-refractivity contribution in [3.8, 4) is 0 Å². The van der Waals surface area contributed by atoms with Crippen molar-refractivity contribution in [2.75, 3.05) is 0 Å². The zero-order valence-corrected chi connectivity index (χ0v) is 9.85. The van der Waals surface area contributed by atoms with Crippen LogP contribution >= 0.6 is 11.1 Å². The summed E-state index contributed by atoms with van der Waals surface area (Å²) in [6.07, 6.45) is 1.15. The van der Waals surface area contributed by atoms with Crippen LogP contribution < -0.4 is 0 Å². The molecular weight excluding hydrogens is 184 g/mol. The van der Waals surface area contributed by atoms with Crippen LogP contribution in [0.5, 0.6) is 0 Å². The Morgan fingerprint density at radius 1 is 1.33 bits per heavy atom. The van der Waals surface area contributed by atoms with Gasteiger partial charge in [-0.05, 0) is 17.0 Å². The second kappa shape index (κ2) is 4.10. The highest BCUT2D eigenvalue weighted by Crippen LogP contribution is 2.26. The third-order valence-electron chi connectivity index (χ3n) is 2.55. The SMILES string of the molecule is CCC(C)([SiH2]Cl)c1ccccc1. The largest absolute Gasteiger partial charge is 0.175 e. The monoisotopic (exact) mass is 198 g/mol. The molecule has 0 heterocycles. The van der Waals surface area contributed by atoms with Crippen LogP contribution in [-0.4, -0.2) is 8.83 Å². The predicted octanol–water partition coefficient (Wildman–Crippen LogP) is 2.63. The maximum absolute atomic E-state index is 6.08. The maximum atomic E-state index is 6.08. The van der Waals surface area contributed by atoms with E-state index < -0.39 is 8.83 Å². The van der Waals surface area contributed by atoms with Gasteiger partial charge in [-0.25, -0.2) is 0 Å². The molecule has 1 aromatic rings. The van der Waals surface area contributed by atoms with Gasteiger partial charge in [0, 0.05) is 0 Å². The molecule has 0 bridgehead atoms. The second-order valence-corrected chi connectivity index (χ2v) is 6.04. The van der Waals surface area contributed by atoms with E-state index in [1.165, 1.54) is 5.56 Å². The lowest BCUT2D eigenvalue weighted by Gasteiger charge is -2.25. The van der Waals surface area contributed by atoms with Crippen LogP contribution in [0.2, 0.25) is 0 Å². The summed E-state index contributed by atoms with van der Waals surface area (Å²) in [5, 5.41) is 0.281. The molecule has 0 spiro atoms. The molecule has 66 valence electrons. The fraction of sp³-hybridized carbons (Fsp3) is 0.400. The lowest BCUT2D eigenvalue weighted by Crippen LogP contribution is -2.25. The van der Waals surface area contributed by atoms with Crippen molar-refractivity contribution in [3.05, 3.63) is 35.9 Å². The van der Waals surface area contributed by atoms with Gasteiger partial charge in [-0.1, -0.05) is 44.2 Å². The first-order valence-electron chi connectivity index (χ1n) is 4.34. The Bertz CT molecular complexity index is 229. The average molecular weight is 199 g/mol. The van der Waals surface area contributed by atoms with E-state index in [1.54, 1.807) is 0 Å². The summed E-state index contributed by atoms with van der Waals surface area (Å²) in [6, 6.07) is 10.6. The summed E-state index contributed by atoms with van der Waals surface area (Å²) in [4.78, 5) is 0. The molecule has 1 unspecified atom stereocenters. The molecule has 0 aliphatic carbocycles. The molecular formula is C10H15ClSi. The van der Waals surface area contributed by atoms with Gasteiger partial charge < -0.3 is 0 Å². The summed E-state index contributed by atoms with van der Waals surface area (Å²) in [5.74, 6) is 0. The van der Waals surface area contributed by atoms with E-state index in [4.69, 9.17) is 11.1 Å². The predicted molar refractivity (Wildman–Crippen MR) is 58.5 cm³/mol. The molecule has 1 atom stereocenters. The third-order valence-corrected chi connectivity index (χ3v) is 5.81. The number of hydrogen-bond donors (Lipinski definition) is 0. The van der Waals surface area contributed by atoms with E-state index in [9.17, 15) is 0 Å². The molecule has 0 nitrogen and oxygen atoms in total. The number of benzene rings is 1. The van der Waals surface area contributed by atoms with Crippen LogP contribution in [0, 0.1) is 0 Å². The smallest absolute Gasteiger partial charge is 0.135 e. The van der Waals surface area contributed by atoms with Crippen molar-refractivity contribution in [1.82, 2.24) is 0 Å². The average Bonchev–Trinajstić information content (AvgIpc) is 2.18. The Kier molecular flexibility index (Phi) is 3.36. The van der Waals surface area contributed by atoms with Crippen LogP contribution in [0.1, 0.15) is 25.8 Å². The van der Waals surface area contributed by atoms with Crippen molar-refractivity contribution in [2.24, 2.45) is 0 Å². The topological polar surface area (TPSA) is 0 Å². The van der Waals surface area contributed by atoms with E-state index in [2.05, 4.69) is 44.2 Å². The molecule has 0 amide bonds. The van der Waals surface area contributed by atoms with Crippen LogP contribution in [0.4, 0.5) is 0 Å².